The molecule has 0 spiro atoms. The Morgan fingerprint density at radius 2 is 2.33 bits per heavy atom. The zero-order chi connectivity index (χ0) is 11.4. The minimum Gasteiger partial charge on any atom is -0.493 e. The van der Waals surface area contributed by atoms with Crippen molar-refractivity contribution in [3.8, 4) is 5.75 Å². The van der Waals surface area contributed by atoms with Gasteiger partial charge in [-0.05, 0) is 22.0 Å². The molecule has 0 heterocycles. The summed E-state index contributed by atoms with van der Waals surface area (Å²) in [5.41, 5.74) is 0.445. The quantitative estimate of drug-likeness (QED) is 0.892. The van der Waals surface area contributed by atoms with Gasteiger partial charge in [0.05, 0.1) is 11.6 Å². The summed E-state index contributed by atoms with van der Waals surface area (Å²) < 4.78 is 18.6. The molecule has 6 heteroatoms. The Morgan fingerprint density at radius 3 is 2.87 bits per heavy atom. The van der Waals surface area contributed by atoms with E-state index in [-0.39, 0.29) is 16.8 Å². The van der Waals surface area contributed by atoms with Crippen LogP contribution in [0.3, 0.4) is 0 Å². The molecular formula is C9H9BrFNO3. The minimum atomic E-state index is -1.17. The van der Waals surface area contributed by atoms with E-state index in [1.165, 1.54) is 13.2 Å². The average Bonchev–Trinajstić information content (AvgIpc) is 2.19. The molecule has 15 heavy (non-hydrogen) atoms. The molecule has 0 aliphatic carbocycles. The van der Waals surface area contributed by atoms with Crippen LogP contribution in [-0.4, -0.2) is 18.3 Å². The van der Waals surface area contributed by atoms with E-state index in [9.17, 15) is 9.18 Å². The van der Waals surface area contributed by atoms with Crippen molar-refractivity contribution in [2.45, 2.75) is 6.54 Å². The van der Waals surface area contributed by atoms with Crippen LogP contribution in [0.1, 0.15) is 5.56 Å². The van der Waals surface area contributed by atoms with Crippen molar-refractivity contribution in [1.82, 2.24) is 5.32 Å². The van der Waals surface area contributed by atoms with Crippen molar-refractivity contribution in [2.75, 3.05) is 7.11 Å². The molecular weight excluding hydrogens is 269 g/mol. The van der Waals surface area contributed by atoms with E-state index in [1.54, 1.807) is 6.07 Å². The van der Waals surface area contributed by atoms with Crippen LogP contribution in [0.25, 0.3) is 0 Å². The topological polar surface area (TPSA) is 58.6 Å². The predicted molar refractivity (Wildman–Crippen MR) is 55.5 cm³/mol. The number of rotatable bonds is 3. The highest BCUT2D eigenvalue weighted by atomic mass is 79.9. The standard InChI is InChI=1S/C9H9BrFNO3/c1-15-8-5(4-12-9(13)14)2-3-6(10)7(8)11/h2-3,12H,4H2,1H3,(H,13,14). The molecule has 1 rings (SSSR count). The Balaban J connectivity index is 2.97. The largest absolute Gasteiger partial charge is 0.493 e. The molecule has 0 unspecified atom stereocenters. The van der Waals surface area contributed by atoms with Gasteiger partial charge in [0, 0.05) is 12.1 Å². The molecule has 1 aromatic rings. The van der Waals surface area contributed by atoms with Crippen LogP contribution in [0.4, 0.5) is 9.18 Å². The van der Waals surface area contributed by atoms with Crippen LogP contribution in [0.2, 0.25) is 0 Å². The third kappa shape index (κ3) is 2.82. The second kappa shape index (κ2) is 4.97. The van der Waals surface area contributed by atoms with E-state index in [2.05, 4.69) is 21.2 Å². The first kappa shape index (κ1) is 11.8. The summed E-state index contributed by atoms with van der Waals surface area (Å²) >= 11 is 3.01. The summed E-state index contributed by atoms with van der Waals surface area (Å²) in [6.07, 6.45) is -1.17. The Labute approximate surface area is 94.2 Å². The molecule has 0 aliphatic rings. The van der Waals surface area contributed by atoms with Crippen molar-refractivity contribution < 1.29 is 19.0 Å². The number of amides is 1. The van der Waals surface area contributed by atoms with Gasteiger partial charge in [-0.3, -0.25) is 0 Å². The number of benzene rings is 1. The van der Waals surface area contributed by atoms with E-state index in [0.29, 0.717) is 5.56 Å². The average molecular weight is 278 g/mol. The third-order valence-electron chi connectivity index (χ3n) is 1.77. The van der Waals surface area contributed by atoms with Gasteiger partial charge < -0.3 is 15.2 Å². The third-order valence-corrected chi connectivity index (χ3v) is 2.38. The molecule has 82 valence electrons. The lowest BCUT2D eigenvalue weighted by molar-refractivity contribution is 0.194. The Hall–Kier alpha value is -1.30. The highest BCUT2D eigenvalue weighted by Gasteiger charge is 2.12. The van der Waals surface area contributed by atoms with Gasteiger partial charge in [0.15, 0.2) is 11.6 Å². The molecule has 0 aromatic heterocycles. The number of halogens is 2. The van der Waals surface area contributed by atoms with Crippen molar-refractivity contribution in [3.63, 3.8) is 0 Å². The fourth-order valence-electron chi connectivity index (χ4n) is 1.10. The molecule has 1 amide bonds. The summed E-state index contributed by atoms with van der Waals surface area (Å²) in [4.78, 5) is 10.3. The minimum absolute atomic E-state index is 0.00269. The fraction of sp³-hybridized carbons (Fsp3) is 0.222. The normalized spacial score (nSPS) is 9.80. The smallest absolute Gasteiger partial charge is 0.404 e. The maximum atomic E-state index is 13.4. The molecule has 0 fully saturated rings. The van der Waals surface area contributed by atoms with Crippen LogP contribution in [0, 0.1) is 5.82 Å². The Morgan fingerprint density at radius 1 is 1.67 bits per heavy atom. The lowest BCUT2D eigenvalue weighted by Crippen LogP contribution is -2.20. The molecule has 0 bridgehead atoms. The Bertz CT molecular complexity index is 384. The fourth-order valence-corrected chi connectivity index (χ4v) is 1.41. The number of nitrogens with one attached hydrogen (secondary N) is 1. The van der Waals surface area contributed by atoms with E-state index in [4.69, 9.17) is 9.84 Å². The summed E-state index contributed by atoms with van der Waals surface area (Å²) in [6, 6.07) is 3.08. The van der Waals surface area contributed by atoms with Crippen molar-refractivity contribution >= 4 is 22.0 Å². The maximum Gasteiger partial charge on any atom is 0.404 e. The zero-order valence-corrected chi connectivity index (χ0v) is 9.47. The van der Waals surface area contributed by atoms with E-state index >= 15 is 0 Å². The van der Waals surface area contributed by atoms with Crippen molar-refractivity contribution in [2.24, 2.45) is 0 Å². The number of hydrogen-bond donors (Lipinski definition) is 2. The molecule has 0 aliphatic heterocycles. The molecule has 4 nitrogen and oxygen atoms in total. The van der Waals surface area contributed by atoms with Gasteiger partial charge in [0.25, 0.3) is 0 Å². The van der Waals surface area contributed by atoms with Gasteiger partial charge in [-0.15, -0.1) is 0 Å². The number of ether oxygens (including phenoxy) is 1. The first-order chi connectivity index (χ1) is 7.06. The van der Waals surface area contributed by atoms with Gasteiger partial charge in [0.1, 0.15) is 0 Å². The van der Waals surface area contributed by atoms with Gasteiger partial charge in [-0.25, -0.2) is 9.18 Å². The maximum absolute atomic E-state index is 13.4. The van der Waals surface area contributed by atoms with Crippen molar-refractivity contribution in [3.05, 3.63) is 28.0 Å². The van der Waals surface area contributed by atoms with Crippen LogP contribution in [-0.2, 0) is 6.54 Å². The highest BCUT2D eigenvalue weighted by Crippen LogP contribution is 2.28. The predicted octanol–water partition coefficient (Wildman–Crippen LogP) is 2.36. The molecule has 1 aromatic carbocycles. The van der Waals surface area contributed by atoms with Gasteiger partial charge >= 0.3 is 6.09 Å². The molecule has 0 saturated heterocycles. The number of methoxy groups -OCH3 is 1. The highest BCUT2D eigenvalue weighted by molar-refractivity contribution is 9.10. The van der Waals surface area contributed by atoms with Gasteiger partial charge in [-0.2, -0.15) is 0 Å². The monoisotopic (exact) mass is 277 g/mol. The van der Waals surface area contributed by atoms with Gasteiger partial charge in [-0.1, -0.05) is 6.07 Å². The molecule has 2 N–H and O–H groups in total. The van der Waals surface area contributed by atoms with Crippen LogP contribution in [0.15, 0.2) is 16.6 Å². The zero-order valence-electron chi connectivity index (χ0n) is 7.88. The van der Waals surface area contributed by atoms with Crippen LogP contribution < -0.4 is 10.1 Å². The molecule has 0 radical (unpaired) electrons. The van der Waals surface area contributed by atoms with Crippen LogP contribution >= 0.6 is 15.9 Å². The summed E-state index contributed by atoms with van der Waals surface area (Å²) in [7, 11) is 1.33. The van der Waals surface area contributed by atoms with Crippen LogP contribution in [0.5, 0.6) is 5.75 Å². The number of carboxylic acid groups (broad SMARTS) is 1. The van der Waals surface area contributed by atoms with E-state index in [1.807, 2.05) is 0 Å². The summed E-state index contributed by atoms with van der Waals surface area (Å²) in [5, 5.41) is 10.5. The lowest BCUT2D eigenvalue weighted by atomic mass is 10.2. The summed E-state index contributed by atoms with van der Waals surface area (Å²) in [5.74, 6) is -0.500. The van der Waals surface area contributed by atoms with Gasteiger partial charge in [0.2, 0.25) is 0 Å². The lowest BCUT2D eigenvalue weighted by Gasteiger charge is -2.10. The number of hydrogen-bond acceptors (Lipinski definition) is 2. The summed E-state index contributed by atoms with van der Waals surface area (Å²) in [6.45, 7) is 0.00269. The SMILES string of the molecule is COc1c(CNC(=O)O)ccc(Br)c1F. The molecule has 0 saturated carbocycles. The Kier molecular flexibility index (Phi) is 3.90. The van der Waals surface area contributed by atoms with E-state index in [0.717, 1.165) is 0 Å². The second-order valence-electron chi connectivity index (χ2n) is 2.71. The number of carbonyl (C=O) groups is 1. The van der Waals surface area contributed by atoms with Crippen molar-refractivity contribution in [1.29, 1.82) is 0 Å². The second-order valence-corrected chi connectivity index (χ2v) is 3.57. The first-order valence-corrected chi connectivity index (χ1v) is 4.83. The first-order valence-electron chi connectivity index (χ1n) is 4.04. The van der Waals surface area contributed by atoms with E-state index < -0.39 is 11.9 Å². The molecule has 0 atom stereocenters.